The van der Waals surface area contributed by atoms with Gasteiger partial charge in [0.1, 0.15) is 32.0 Å². The van der Waals surface area contributed by atoms with Crippen molar-refractivity contribution in [2.75, 3.05) is 132 Å². The summed E-state index contributed by atoms with van der Waals surface area (Å²) in [7, 11) is 1.46. The van der Waals surface area contributed by atoms with Gasteiger partial charge < -0.3 is 87.0 Å². The SMILES string of the molecule is COC1OC(COC(=O)NCCNCCN)C(C)C(OCCOCCOC(=O)NCCNCCN)C1OCCOC(=O)NCCNCCN. The number of rotatable bonds is 29. The zero-order valence-electron chi connectivity index (χ0n) is 29.0. The van der Waals surface area contributed by atoms with Gasteiger partial charge >= 0.3 is 18.3 Å². The maximum absolute atomic E-state index is 12.3. The van der Waals surface area contributed by atoms with Gasteiger partial charge in [-0.15, -0.1) is 0 Å². The van der Waals surface area contributed by atoms with Crippen molar-refractivity contribution in [2.24, 2.45) is 23.1 Å². The molecular formula is C29H61N9O11. The second-order valence-electron chi connectivity index (χ2n) is 10.7. The summed E-state index contributed by atoms with van der Waals surface area (Å²) in [6.45, 7) is 8.81. The van der Waals surface area contributed by atoms with Crippen LogP contribution in [0.1, 0.15) is 6.92 Å². The number of nitrogens with two attached hydrogens (primary N) is 3. The Morgan fingerprint density at radius 3 is 1.55 bits per heavy atom. The summed E-state index contributed by atoms with van der Waals surface area (Å²) in [5.74, 6) is -0.313. The van der Waals surface area contributed by atoms with Crippen LogP contribution < -0.4 is 49.1 Å². The first-order valence-corrected chi connectivity index (χ1v) is 16.8. The van der Waals surface area contributed by atoms with Crippen molar-refractivity contribution < 1.29 is 52.3 Å². The van der Waals surface area contributed by atoms with Crippen LogP contribution in [-0.2, 0) is 37.9 Å². The largest absolute Gasteiger partial charge is 0.447 e. The fourth-order valence-corrected chi connectivity index (χ4v) is 4.45. The molecule has 1 aliphatic heterocycles. The molecule has 0 spiro atoms. The van der Waals surface area contributed by atoms with E-state index in [9.17, 15) is 14.4 Å². The zero-order valence-corrected chi connectivity index (χ0v) is 29.0. The number of nitrogens with one attached hydrogen (secondary N) is 6. The average molecular weight is 712 g/mol. The summed E-state index contributed by atoms with van der Waals surface area (Å²) in [5, 5.41) is 17.1. The first kappa shape index (κ1) is 44.4. The molecule has 0 saturated carbocycles. The minimum atomic E-state index is -0.876. The second-order valence-corrected chi connectivity index (χ2v) is 10.7. The van der Waals surface area contributed by atoms with Crippen molar-refractivity contribution in [3.8, 4) is 0 Å². The van der Waals surface area contributed by atoms with Gasteiger partial charge in [-0.25, -0.2) is 14.4 Å². The van der Waals surface area contributed by atoms with E-state index in [1.807, 2.05) is 6.92 Å². The Balaban J connectivity index is 2.60. The lowest BCUT2D eigenvalue weighted by Crippen LogP contribution is -2.58. The fraction of sp³-hybridized carbons (Fsp3) is 0.897. The highest BCUT2D eigenvalue weighted by Crippen LogP contribution is 2.31. The Bertz CT molecular complexity index is 854. The number of carbonyl (C=O) groups excluding carboxylic acids is 3. The molecule has 0 aromatic rings. The molecule has 20 nitrogen and oxygen atoms in total. The van der Waals surface area contributed by atoms with Crippen LogP contribution in [-0.4, -0.2) is 175 Å². The molecule has 0 radical (unpaired) electrons. The van der Waals surface area contributed by atoms with Gasteiger partial charge in [-0.3, -0.25) is 0 Å². The third-order valence-corrected chi connectivity index (χ3v) is 6.92. The molecule has 5 atom stereocenters. The average Bonchev–Trinajstić information content (AvgIpc) is 3.09. The maximum atomic E-state index is 12.3. The third-order valence-electron chi connectivity index (χ3n) is 6.92. The molecular weight excluding hydrogens is 650 g/mol. The minimum Gasteiger partial charge on any atom is -0.447 e. The van der Waals surface area contributed by atoms with Gasteiger partial charge in [-0.1, -0.05) is 6.92 Å². The summed E-state index contributed by atoms with van der Waals surface area (Å²) >= 11 is 0. The predicted molar refractivity (Wildman–Crippen MR) is 179 cm³/mol. The van der Waals surface area contributed by atoms with Crippen molar-refractivity contribution >= 4 is 18.3 Å². The van der Waals surface area contributed by atoms with E-state index in [4.69, 9.17) is 55.1 Å². The number of alkyl carbamates (subject to hydrolysis) is 3. The van der Waals surface area contributed by atoms with Crippen LogP contribution in [0.2, 0.25) is 0 Å². The van der Waals surface area contributed by atoms with Crippen LogP contribution in [0.25, 0.3) is 0 Å². The molecule has 288 valence electrons. The van der Waals surface area contributed by atoms with E-state index in [2.05, 4.69) is 31.9 Å². The van der Waals surface area contributed by atoms with Crippen molar-refractivity contribution in [1.29, 1.82) is 0 Å². The maximum Gasteiger partial charge on any atom is 0.407 e. The fourth-order valence-electron chi connectivity index (χ4n) is 4.45. The molecule has 0 aliphatic carbocycles. The molecule has 0 bridgehead atoms. The van der Waals surface area contributed by atoms with Crippen LogP contribution in [0.3, 0.4) is 0 Å². The van der Waals surface area contributed by atoms with Gasteiger partial charge in [-0.2, -0.15) is 0 Å². The highest BCUT2D eigenvalue weighted by atomic mass is 16.7. The molecule has 0 aromatic carbocycles. The highest BCUT2D eigenvalue weighted by molar-refractivity contribution is 5.67. The first-order valence-electron chi connectivity index (χ1n) is 16.8. The molecule has 20 heteroatoms. The van der Waals surface area contributed by atoms with Crippen LogP contribution in [0, 0.1) is 5.92 Å². The Morgan fingerprint density at radius 2 is 1.04 bits per heavy atom. The van der Waals surface area contributed by atoms with E-state index in [1.54, 1.807) is 0 Å². The molecule has 1 heterocycles. The highest BCUT2D eigenvalue weighted by Gasteiger charge is 2.46. The van der Waals surface area contributed by atoms with E-state index >= 15 is 0 Å². The number of carbonyl (C=O) groups is 3. The first-order chi connectivity index (χ1) is 23.9. The Hall–Kier alpha value is -2.63. The molecule has 1 rings (SSSR count). The number of hydrogen-bond acceptors (Lipinski definition) is 17. The number of methoxy groups -OCH3 is 1. The lowest BCUT2D eigenvalue weighted by Gasteiger charge is -2.44. The van der Waals surface area contributed by atoms with Gasteiger partial charge in [0.25, 0.3) is 0 Å². The van der Waals surface area contributed by atoms with E-state index < -0.39 is 42.9 Å². The van der Waals surface area contributed by atoms with E-state index in [1.165, 1.54) is 7.11 Å². The van der Waals surface area contributed by atoms with Crippen molar-refractivity contribution in [2.45, 2.75) is 31.5 Å². The van der Waals surface area contributed by atoms with Crippen LogP contribution in [0.4, 0.5) is 14.4 Å². The molecule has 49 heavy (non-hydrogen) atoms. The summed E-state index contributed by atoms with van der Waals surface area (Å²) in [4.78, 5) is 36.0. The zero-order chi connectivity index (χ0) is 36.0. The standard InChI is InChI=1S/C29H61N9O11/c1-22-23(21-48-29(41)38-14-11-35-8-5-32)49-26(42-2)25(45-19-20-47-28(40)37-13-10-34-7-4-31)24(22)44-17-15-43-16-18-46-27(39)36-12-9-33-6-3-30/h22-26,33-35H,3-21,30-32H2,1-2H3,(H,36,39)(H,37,40)(H,38,41). The van der Waals surface area contributed by atoms with Crippen LogP contribution >= 0.6 is 0 Å². The van der Waals surface area contributed by atoms with E-state index in [0.29, 0.717) is 78.5 Å². The summed E-state index contributed by atoms with van der Waals surface area (Å²) < 4.78 is 45.2. The van der Waals surface area contributed by atoms with E-state index in [-0.39, 0.29) is 52.2 Å². The van der Waals surface area contributed by atoms with Crippen LogP contribution in [0.5, 0.6) is 0 Å². The number of hydrogen-bond donors (Lipinski definition) is 9. The Kier molecular flexibility index (Phi) is 27.4. The lowest BCUT2D eigenvalue weighted by molar-refractivity contribution is -0.298. The van der Waals surface area contributed by atoms with Gasteiger partial charge in [-0.05, 0) is 0 Å². The number of ether oxygens (including phenoxy) is 8. The summed E-state index contributed by atoms with van der Waals surface area (Å²) in [6.07, 6.45) is -4.45. The molecule has 0 aromatic heterocycles. The normalized spacial score (nSPS) is 20.4. The predicted octanol–water partition coefficient (Wildman–Crippen LogP) is -3.40. The van der Waals surface area contributed by atoms with Crippen molar-refractivity contribution in [3.63, 3.8) is 0 Å². The summed E-state index contributed by atoms with van der Waals surface area (Å²) in [6, 6.07) is 0. The molecule has 1 aliphatic rings. The van der Waals surface area contributed by atoms with Crippen molar-refractivity contribution in [1.82, 2.24) is 31.9 Å². The monoisotopic (exact) mass is 711 g/mol. The smallest absolute Gasteiger partial charge is 0.407 e. The van der Waals surface area contributed by atoms with Gasteiger partial charge in [0.05, 0.1) is 32.5 Å². The Morgan fingerprint density at radius 1 is 0.592 bits per heavy atom. The third kappa shape index (κ3) is 21.9. The van der Waals surface area contributed by atoms with Crippen molar-refractivity contribution in [3.05, 3.63) is 0 Å². The van der Waals surface area contributed by atoms with E-state index in [0.717, 1.165) is 0 Å². The second kappa shape index (κ2) is 30.2. The lowest BCUT2D eigenvalue weighted by atomic mass is 9.90. The van der Waals surface area contributed by atoms with Gasteiger partial charge in [0.2, 0.25) is 0 Å². The van der Waals surface area contributed by atoms with Gasteiger partial charge in [0.15, 0.2) is 6.29 Å². The minimum absolute atomic E-state index is 0.0240. The van der Waals surface area contributed by atoms with Crippen LogP contribution in [0.15, 0.2) is 0 Å². The number of amides is 3. The molecule has 1 saturated heterocycles. The Labute approximate surface area is 289 Å². The molecule has 12 N–H and O–H groups in total. The quantitative estimate of drug-likeness (QED) is 0.0270. The molecule has 1 fully saturated rings. The molecule has 5 unspecified atom stereocenters. The van der Waals surface area contributed by atoms with Gasteiger partial charge in [0, 0.05) is 91.6 Å². The molecule has 3 amide bonds. The topological polar surface area (TPSA) is 275 Å². The summed E-state index contributed by atoms with van der Waals surface area (Å²) in [5.41, 5.74) is 16.3.